The molecule has 3 aromatic rings. The van der Waals surface area contributed by atoms with Crippen LogP contribution in [-0.2, 0) is 13.1 Å². The summed E-state index contributed by atoms with van der Waals surface area (Å²) in [7, 11) is 0. The normalized spacial score (nSPS) is 11.3. The number of hydrogen-bond acceptors (Lipinski definition) is 4. The zero-order valence-electron chi connectivity index (χ0n) is 12.1. The van der Waals surface area contributed by atoms with Crippen molar-refractivity contribution in [3.63, 3.8) is 0 Å². The molecule has 3 nitrogen and oxygen atoms in total. The molecule has 108 valence electrons. The van der Waals surface area contributed by atoms with E-state index in [-0.39, 0.29) is 0 Å². The van der Waals surface area contributed by atoms with Crippen LogP contribution in [0.4, 0.5) is 5.69 Å². The van der Waals surface area contributed by atoms with Crippen molar-refractivity contribution in [1.29, 1.82) is 0 Å². The fourth-order valence-electron chi connectivity index (χ4n) is 2.41. The van der Waals surface area contributed by atoms with Gasteiger partial charge in [-0.25, -0.2) is 4.98 Å². The Morgan fingerprint density at radius 1 is 1.10 bits per heavy atom. The van der Waals surface area contributed by atoms with Crippen molar-refractivity contribution < 1.29 is 0 Å². The molecule has 2 aromatic carbocycles. The molecule has 0 unspecified atom stereocenters. The van der Waals surface area contributed by atoms with Gasteiger partial charge in [-0.3, -0.25) is 4.90 Å². The van der Waals surface area contributed by atoms with E-state index in [4.69, 9.17) is 10.7 Å². The first-order chi connectivity index (χ1) is 10.2. The van der Waals surface area contributed by atoms with Crippen molar-refractivity contribution in [2.75, 3.05) is 12.3 Å². The van der Waals surface area contributed by atoms with Crippen LogP contribution in [0.1, 0.15) is 17.5 Å². The number of thiazole rings is 1. The molecule has 0 saturated heterocycles. The van der Waals surface area contributed by atoms with Crippen molar-refractivity contribution in [1.82, 2.24) is 9.88 Å². The third-order valence-electron chi connectivity index (χ3n) is 3.50. The second-order valence-corrected chi connectivity index (χ2v) is 6.24. The molecule has 0 radical (unpaired) electrons. The van der Waals surface area contributed by atoms with Gasteiger partial charge in [0, 0.05) is 12.2 Å². The van der Waals surface area contributed by atoms with E-state index in [1.807, 2.05) is 24.3 Å². The van der Waals surface area contributed by atoms with Crippen LogP contribution in [0.2, 0.25) is 0 Å². The van der Waals surface area contributed by atoms with E-state index in [1.54, 1.807) is 11.3 Å². The maximum atomic E-state index is 5.85. The summed E-state index contributed by atoms with van der Waals surface area (Å²) in [5.74, 6) is 0. The zero-order chi connectivity index (χ0) is 14.7. The van der Waals surface area contributed by atoms with Crippen LogP contribution < -0.4 is 5.73 Å². The number of aromatic nitrogens is 1. The quantitative estimate of drug-likeness (QED) is 0.726. The number of nitrogen functional groups attached to an aromatic ring is 1. The van der Waals surface area contributed by atoms with E-state index in [9.17, 15) is 0 Å². The molecular weight excluding hydrogens is 278 g/mol. The Balaban J connectivity index is 1.74. The predicted octanol–water partition coefficient (Wildman–Crippen LogP) is 3.90. The summed E-state index contributed by atoms with van der Waals surface area (Å²) in [5, 5.41) is 1.17. The second-order valence-electron chi connectivity index (χ2n) is 5.12. The van der Waals surface area contributed by atoms with Gasteiger partial charge in [0.1, 0.15) is 5.01 Å². The Morgan fingerprint density at radius 3 is 2.71 bits per heavy atom. The van der Waals surface area contributed by atoms with E-state index in [2.05, 4.69) is 36.1 Å². The molecule has 21 heavy (non-hydrogen) atoms. The van der Waals surface area contributed by atoms with Gasteiger partial charge in [-0.1, -0.05) is 31.2 Å². The molecule has 2 N–H and O–H groups in total. The number of rotatable bonds is 5. The number of nitrogens with zero attached hydrogens (tertiary/aromatic N) is 2. The summed E-state index contributed by atoms with van der Waals surface area (Å²) >= 11 is 1.78. The predicted molar refractivity (Wildman–Crippen MR) is 90.3 cm³/mol. The lowest BCUT2D eigenvalue weighted by Crippen LogP contribution is -2.22. The summed E-state index contributed by atoms with van der Waals surface area (Å²) in [6.07, 6.45) is 0. The molecule has 0 atom stereocenters. The summed E-state index contributed by atoms with van der Waals surface area (Å²) in [5.41, 5.74) is 9.02. The van der Waals surface area contributed by atoms with E-state index < -0.39 is 0 Å². The van der Waals surface area contributed by atoms with Gasteiger partial charge in [0.05, 0.1) is 16.8 Å². The zero-order valence-corrected chi connectivity index (χ0v) is 12.9. The van der Waals surface area contributed by atoms with Gasteiger partial charge < -0.3 is 5.73 Å². The van der Waals surface area contributed by atoms with Gasteiger partial charge >= 0.3 is 0 Å². The Bertz CT molecular complexity index is 702. The first kappa shape index (κ1) is 14.0. The van der Waals surface area contributed by atoms with E-state index >= 15 is 0 Å². The van der Waals surface area contributed by atoms with Crippen LogP contribution in [0, 0.1) is 0 Å². The lowest BCUT2D eigenvalue weighted by atomic mass is 10.2. The summed E-state index contributed by atoms with van der Waals surface area (Å²) in [6, 6.07) is 16.4. The number of para-hydroxylation sites is 1. The average Bonchev–Trinajstić information content (AvgIpc) is 2.89. The molecule has 0 saturated carbocycles. The second kappa shape index (κ2) is 6.24. The first-order valence-electron chi connectivity index (χ1n) is 7.16. The van der Waals surface area contributed by atoms with Crippen LogP contribution in [0.5, 0.6) is 0 Å². The largest absolute Gasteiger partial charge is 0.399 e. The molecule has 1 heterocycles. The molecular formula is C17H19N3S. The Morgan fingerprint density at radius 2 is 1.95 bits per heavy atom. The number of nitrogens with two attached hydrogens (primary N) is 1. The van der Waals surface area contributed by atoms with Crippen molar-refractivity contribution in [2.24, 2.45) is 0 Å². The van der Waals surface area contributed by atoms with Crippen LogP contribution in [0.15, 0.2) is 48.5 Å². The molecule has 0 bridgehead atoms. The summed E-state index contributed by atoms with van der Waals surface area (Å²) < 4.78 is 1.26. The molecule has 0 aliphatic carbocycles. The molecule has 0 fully saturated rings. The molecule has 0 aliphatic heterocycles. The Labute approximate surface area is 129 Å². The number of hydrogen-bond donors (Lipinski definition) is 1. The summed E-state index contributed by atoms with van der Waals surface area (Å²) in [4.78, 5) is 7.09. The topological polar surface area (TPSA) is 42.1 Å². The highest BCUT2D eigenvalue weighted by atomic mass is 32.1. The number of anilines is 1. The van der Waals surface area contributed by atoms with E-state index in [1.165, 1.54) is 15.3 Å². The minimum atomic E-state index is 0.823. The molecule has 0 spiro atoms. The monoisotopic (exact) mass is 297 g/mol. The van der Waals surface area contributed by atoms with Crippen molar-refractivity contribution in [3.8, 4) is 0 Å². The molecule has 4 heteroatoms. The lowest BCUT2D eigenvalue weighted by molar-refractivity contribution is 0.271. The maximum absolute atomic E-state index is 5.85. The Hall–Kier alpha value is -1.91. The lowest BCUT2D eigenvalue weighted by Gasteiger charge is -2.19. The van der Waals surface area contributed by atoms with Gasteiger partial charge in [-0.15, -0.1) is 11.3 Å². The molecule has 0 amide bonds. The minimum Gasteiger partial charge on any atom is -0.399 e. The fourth-order valence-corrected chi connectivity index (χ4v) is 3.42. The third-order valence-corrected chi connectivity index (χ3v) is 4.52. The van der Waals surface area contributed by atoms with Crippen molar-refractivity contribution in [3.05, 3.63) is 59.1 Å². The van der Waals surface area contributed by atoms with Crippen LogP contribution in [0.25, 0.3) is 10.2 Å². The SMILES string of the molecule is CCN(Cc1cccc(N)c1)Cc1nc2ccccc2s1. The van der Waals surface area contributed by atoms with Gasteiger partial charge in [0.25, 0.3) is 0 Å². The van der Waals surface area contributed by atoms with Crippen LogP contribution in [-0.4, -0.2) is 16.4 Å². The van der Waals surface area contributed by atoms with Crippen LogP contribution in [0.3, 0.4) is 0 Å². The third kappa shape index (κ3) is 3.40. The van der Waals surface area contributed by atoms with Gasteiger partial charge in [0.2, 0.25) is 0 Å². The maximum Gasteiger partial charge on any atom is 0.108 e. The standard InChI is InChI=1S/C17H19N3S/c1-2-20(11-13-6-5-7-14(18)10-13)12-17-19-15-8-3-4-9-16(15)21-17/h3-10H,2,11-12,18H2,1H3. The average molecular weight is 297 g/mol. The smallest absolute Gasteiger partial charge is 0.108 e. The minimum absolute atomic E-state index is 0.823. The van der Waals surface area contributed by atoms with Gasteiger partial charge in [-0.05, 0) is 36.4 Å². The van der Waals surface area contributed by atoms with E-state index in [0.29, 0.717) is 0 Å². The van der Waals surface area contributed by atoms with E-state index in [0.717, 1.165) is 30.8 Å². The first-order valence-corrected chi connectivity index (χ1v) is 7.97. The van der Waals surface area contributed by atoms with Gasteiger partial charge in [0.15, 0.2) is 0 Å². The molecule has 3 rings (SSSR count). The fraction of sp³-hybridized carbons (Fsp3) is 0.235. The Kier molecular flexibility index (Phi) is 4.18. The van der Waals surface area contributed by atoms with Crippen molar-refractivity contribution in [2.45, 2.75) is 20.0 Å². The molecule has 1 aromatic heterocycles. The summed E-state index contributed by atoms with van der Waals surface area (Å²) in [6.45, 7) is 4.95. The number of benzene rings is 2. The highest BCUT2D eigenvalue weighted by Crippen LogP contribution is 2.23. The highest BCUT2D eigenvalue weighted by molar-refractivity contribution is 7.18. The molecule has 0 aliphatic rings. The van der Waals surface area contributed by atoms with Gasteiger partial charge in [-0.2, -0.15) is 0 Å². The number of fused-ring (bicyclic) bond motifs is 1. The highest BCUT2D eigenvalue weighted by Gasteiger charge is 2.09. The van der Waals surface area contributed by atoms with Crippen molar-refractivity contribution >= 4 is 27.2 Å². The van der Waals surface area contributed by atoms with Crippen LogP contribution >= 0.6 is 11.3 Å².